The summed E-state index contributed by atoms with van der Waals surface area (Å²) in [6.07, 6.45) is 2.90. The summed E-state index contributed by atoms with van der Waals surface area (Å²) in [7, 11) is 0. The number of allylic oxidation sites excluding steroid dienone is 1. The van der Waals surface area contributed by atoms with Crippen molar-refractivity contribution in [2.24, 2.45) is 70.5 Å². The predicted molar refractivity (Wildman–Crippen MR) is 426 cm³/mol. The van der Waals surface area contributed by atoms with Crippen molar-refractivity contribution in [3.63, 3.8) is 0 Å². The van der Waals surface area contributed by atoms with Gasteiger partial charge in [-0.05, 0) is 162 Å². The lowest BCUT2D eigenvalue weighted by molar-refractivity contribution is -0.137. The number of aromatic hydroxyl groups is 1. The molecule has 0 saturated heterocycles. The number of phenols is 1. The smallest absolute Gasteiger partial charge is 0.268 e. The fourth-order valence-corrected chi connectivity index (χ4v) is 11.9. The summed E-state index contributed by atoms with van der Waals surface area (Å²) in [6, 6.07) is -8.69. The van der Waals surface area contributed by atoms with Crippen LogP contribution in [-0.2, 0) is 68.7 Å². The Kier molecular flexibility index (Phi) is 47.2. The number of nitrogens with two attached hydrogens (primary N) is 3. The Hall–Kier alpha value is -8.33. The fraction of sp³-hybridized carbons (Fsp3) is 0.734. The minimum atomic E-state index is -1.40. The highest BCUT2D eigenvalue weighted by Gasteiger charge is 2.40. The molecule has 32 nitrogen and oxygen atoms in total. The van der Waals surface area contributed by atoms with Gasteiger partial charge in [-0.2, -0.15) is 0 Å². The molecule has 0 radical (unpaired) electrons. The molecule has 0 aliphatic heterocycles. The first kappa shape index (κ1) is 101. The van der Waals surface area contributed by atoms with E-state index in [0.29, 0.717) is 44.1 Å². The second kappa shape index (κ2) is 52.1. The summed E-state index contributed by atoms with van der Waals surface area (Å²) in [5.41, 5.74) is 18.0. The standard InChI is InChI=1S/C79H140N16O16/c1-20-49(18)65(95-70(102)56(30-27-37-82)84-71(103)57(38-42(4)5)87-67(99)53(22-3)83-79(111)66(98)50(19)21-2)78(110)94-64(48(16)17)77(109)93-62(46(12)13)75(107)86-55(29-24-26-36-81)69(101)91-63(47(14)15)76(108)92-61(45(10)11)74(106)85-54(28-23-25-35-80)68(100)89-59(40-51-31-33-52(97)34-32-51)73(105)88-58(39-43(6)7)72(104)90-60(41-96)44(8)9/h22,31-34,42-50,54-66,96-98H,20-21,23-30,35-41,80-82H2,1-19H3,(H,83,111)(H,84,103)(H,85,106)(H,86,107)(H,87,99)(H,88,105)(H,89,100)(H,90,104)(H,91,101)(H,92,108)(H,93,109)(H,94,110)(H,95,102)/b53-22+. The van der Waals surface area contributed by atoms with Gasteiger partial charge in [0.25, 0.3) is 11.8 Å². The van der Waals surface area contributed by atoms with Crippen LogP contribution in [0, 0.1) is 53.3 Å². The van der Waals surface area contributed by atoms with E-state index >= 15 is 0 Å². The van der Waals surface area contributed by atoms with Gasteiger partial charge >= 0.3 is 0 Å². The number of carbonyl (C=O) groups excluding carboxylic acids is 13. The molecule has 13 amide bonds. The molecule has 1 aromatic carbocycles. The number of aliphatic hydroxyl groups excluding tert-OH is 2. The summed E-state index contributed by atoms with van der Waals surface area (Å²) >= 11 is 0. The third-order valence-corrected chi connectivity index (χ3v) is 19.5. The zero-order valence-electron chi connectivity index (χ0n) is 69.5. The van der Waals surface area contributed by atoms with Gasteiger partial charge in [0.15, 0.2) is 0 Å². The summed E-state index contributed by atoms with van der Waals surface area (Å²) in [5.74, 6) is -13.7. The monoisotopic (exact) mass is 1570 g/mol. The third-order valence-electron chi connectivity index (χ3n) is 19.5. The molecule has 32 heteroatoms. The maximum absolute atomic E-state index is 14.6. The zero-order chi connectivity index (χ0) is 84.7. The Bertz CT molecular complexity index is 3150. The Morgan fingerprint density at radius 2 is 0.703 bits per heavy atom. The topological polar surface area (TPSA) is 517 Å². The van der Waals surface area contributed by atoms with Gasteiger partial charge < -0.3 is 102 Å². The van der Waals surface area contributed by atoms with Gasteiger partial charge in [0.2, 0.25) is 65.0 Å². The summed E-state index contributed by atoms with van der Waals surface area (Å²) < 4.78 is 0. The summed E-state index contributed by atoms with van der Waals surface area (Å²) in [5, 5.41) is 66.2. The van der Waals surface area contributed by atoms with Gasteiger partial charge in [-0.15, -0.1) is 0 Å². The Morgan fingerprint density at radius 1 is 0.378 bits per heavy atom. The summed E-state index contributed by atoms with van der Waals surface area (Å²) in [6.45, 7) is 33.1. The molecule has 0 aromatic heterocycles. The molecule has 0 aliphatic carbocycles. The number of hydrogen-bond acceptors (Lipinski definition) is 19. The third kappa shape index (κ3) is 35.9. The van der Waals surface area contributed by atoms with Crippen LogP contribution in [0.4, 0.5) is 0 Å². The van der Waals surface area contributed by atoms with Crippen molar-refractivity contribution in [1.82, 2.24) is 69.1 Å². The van der Waals surface area contributed by atoms with Gasteiger partial charge in [0.05, 0.1) is 12.6 Å². The van der Waals surface area contributed by atoms with Gasteiger partial charge in [0.1, 0.15) is 84.0 Å². The molecule has 111 heavy (non-hydrogen) atoms. The van der Waals surface area contributed by atoms with E-state index in [-0.39, 0.29) is 100 Å². The molecular formula is C79H140N16O16. The number of hydrogen-bond donors (Lipinski definition) is 19. The van der Waals surface area contributed by atoms with Gasteiger partial charge in [0, 0.05) is 6.42 Å². The number of carbonyl (C=O) groups is 13. The number of phenolic OH excluding ortho intramolecular Hbond substituents is 1. The van der Waals surface area contributed by atoms with Crippen LogP contribution in [0.5, 0.6) is 5.75 Å². The fourth-order valence-electron chi connectivity index (χ4n) is 11.9. The molecule has 1 aromatic rings. The Balaban J connectivity index is 3.61. The molecule has 0 aliphatic rings. The molecule has 15 atom stereocenters. The van der Waals surface area contributed by atoms with E-state index in [0.717, 1.165) is 0 Å². The second-order valence-electron chi connectivity index (χ2n) is 31.8. The highest BCUT2D eigenvalue weighted by Crippen LogP contribution is 2.19. The number of rotatable bonds is 53. The average molecular weight is 1570 g/mol. The quantitative estimate of drug-likeness (QED) is 0.0325. The van der Waals surface area contributed by atoms with Crippen LogP contribution < -0.4 is 86.3 Å². The van der Waals surface area contributed by atoms with E-state index in [4.69, 9.17) is 17.2 Å². The molecule has 0 fully saturated rings. The zero-order valence-corrected chi connectivity index (χ0v) is 69.5. The first-order chi connectivity index (χ1) is 52.1. The van der Waals surface area contributed by atoms with E-state index in [1.165, 1.54) is 25.1 Å². The van der Waals surface area contributed by atoms with Crippen LogP contribution in [0.15, 0.2) is 36.0 Å². The molecule has 0 spiro atoms. The normalized spacial score (nSPS) is 15.9. The lowest BCUT2D eigenvalue weighted by atomic mass is 9.95. The number of benzene rings is 1. The largest absolute Gasteiger partial charge is 0.508 e. The lowest BCUT2D eigenvalue weighted by Gasteiger charge is -2.32. The molecule has 22 N–H and O–H groups in total. The van der Waals surface area contributed by atoms with Crippen molar-refractivity contribution in [3.8, 4) is 5.75 Å². The van der Waals surface area contributed by atoms with Crippen molar-refractivity contribution in [1.29, 1.82) is 0 Å². The molecule has 0 saturated carbocycles. The average Bonchev–Trinajstić information content (AvgIpc) is 0.845. The first-order valence-corrected chi connectivity index (χ1v) is 39.9. The maximum atomic E-state index is 14.6. The van der Waals surface area contributed by atoms with Gasteiger partial charge in [-0.1, -0.05) is 156 Å². The van der Waals surface area contributed by atoms with Crippen LogP contribution in [0.25, 0.3) is 0 Å². The molecule has 632 valence electrons. The molecule has 15 unspecified atom stereocenters. The maximum Gasteiger partial charge on any atom is 0.268 e. The molecular weight excluding hydrogens is 1430 g/mol. The van der Waals surface area contributed by atoms with Crippen LogP contribution in [-0.4, -0.2) is 197 Å². The van der Waals surface area contributed by atoms with Crippen molar-refractivity contribution in [2.75, 3.05) is 26.2 Å². The predicted octanol–water partition coefficient (Wildman–Crippen LogP) is 1.59. The Morgan fingerprint density at radius 3 is 1.08 bits per heavy atom. The highest BCUT2D eigenvalue weighted by atomic mass is 16.3. The van der Waals surface area contributed by atoms with Gasteiger partial charge in [-0.25, -0.2) is 0 Å². The number of aliphatic hydroxyl groups is 2. The minimum Gasteiger partial charge on any atom is -0.508 e. The van der Waals surface area contributed by atoms with E-state index in [9.17, 15) is 77.6 Å². The molecule has 0 heterocycles. The van der Waals surface area contributed by atoms with E-state index in [2.05, 4.69) is 69.1 Å². The van der Waals surface area contributed by atoms with Crippen molar-refractivity contribution >= 4 is 76.8 Å². The van der Waals surface area contributed by atoms with Crippen molar-refractivity contribution in [3.05, 3.63) is 41.6 Å². The van der Waals surface area contributed by atoms with Crippen molar-refractivity contribution in [2.45, 2.75) is 294 Å². The summed E-state index contributed by atoms with van der Waals surface area (Å²) in [4.78, 5) is 185. The first-order valence-electron chi connectivity index (χ1n) is 39.9. The van der Waals surface area contributed by atoms with E-state index in [1.54, 1.807) is 95.2 Å². The van der Waals surface area contributed by atoms with E-state index < -0.39 is 191 Å². The lowest BCUT2D eigenvalue weighted by Crippen LogP contribution is -2.63. The van der Waals surface area contributed by atoms with Crippen LogP contribution in [0.2, 0.25) is 0 Å². The number of nitrogens with one attached hydrogen (secondary N) is 13. The highest BCUT2D eigenvalue weighted by molar-refractivity contribution is 6.02. The van der Waals surface area contributed by atoms with Crippen LogP contribution in [0.1, 0.15) is 214 Å². The number of unbranched alkanes of at least 4 members (excludes halogenated alkanes) is 2. The molecule has 0 bridgehead atoms. The van der Waals surface area contributed by atoms with Crippen LogP contribution >= 0.6 is 0 Å². The molecule has 1 rings (SSSR count). The van der Waals surface area contributed by atoms with Crippen LogP contribution in [0.3, 0.4) is 0 Å². The minimum absolute atomic E-state index is 0.0212. The number of amides is 13. The van der Waals surface area contributed by atoms with Gasteiger partial charge in [-0.3, -0.25) is 62.3 Å². The SMILES string of the molecule is C/C=C(/NC(=O)C(O)C(C)CC)C(=O)NC(CC(C)C)C(=O)NC(CCCN)C(=O)NC(C(=O)NC(C(=O)NC(C(=O)NC(CCCCN)C(=O)NC(C(=O)NC(C(=O)NC(CCCCN)C(=O)NC(Cc1ccc(O)cc1)C(=O)NC(CC(C)C)C(=O)NC(CO)C(C)C)C(C)C)C(C)C)C(C)C)C(C)C)C(C)CC. The van der Waals surface area contributed by atoms with Crippen molar-refractivity contribution < 1.29 is 77.6 Å². The Labute approximate surface area is 658 Å². The second-order valence-corrected chi connectivity index (χ2v) is 31.8. The van der Waals surface area contributed by atoms with E-state index in [1.807, 2.05) is 41.5 Å².